The highest BCUT2D eigenvalue weighted by atomic mass is 32.1. The molecule has 0 saturated carbocycles. The molecule has 0 spiro atoms. The highest BCUT2D eigenvalue weighted by Crippen LogP contribution is 2.39. The van der Waals surface area contributed by atoms with Crippen molar-refractivity contribution in [1.82, 2.24) is 0 Å². The van der Waals surface area contributed by atoms with E-state index in [0.717, 1.165) is 36.8 Å². The van der Waals surface area contributed by atoms with E-state index in [-0.39, 0.29) is 0 Å². The van der Waals surface area contributed by atoms with Crippen LogP contribution in [0.25, 0.3) is 20.9 Å². The number of carbonyl (C=O) groups is 1. The second-order valence-electron chi connectivity index (χ2n) is 7.09. The maximum atomic E-state index is 11.5. The van der Waals surface area contributed by atoms with Gasteiger partial charge in [0.1, 0.15) is 0 Å². The number of aryl methyl sites for hydroxylation is 4. The molecule has 3 heteroatoms. The third-order valence-electron chi connectivity index (χ3n) is 5.32. The zero-order chi connectivity index (χ0) is 20.3. The minimum Gasteiger partial charge on any atom is -0.478 e. The van der Waals surface area contributed by atoms with Crippen molar-refractivity contribution in [3.05, 3.63) is 70.3 Å². The minimum atomic E-state index is -0.855. The number of rotatable bonds is 7. The number of hydrogen-bond acceptors (Lipinski definition) is 2. The van der Waals surface area contributed by atoms with Gasteiger partial charge in [0.05, 0.1) is 5.56 Å². The molecule has 0 fully saturated rings. The summed E-state index contributed by atoms with van der Waals surface area (Å²) in [6, 6.07) is 15.0. The Morgan fingerprint density at radius 2 is 1.32 bits per heavy atom. The van der Waals surface area contributed by atoms with Crippen LogP contribution in [-0.4, -0.2) is 11.1 Å². The first-order chi connectivity index (χ1) is 13.5. The van der Waals surface area contributed by atoms with Crippen molar-refractivity contribution >= 4 is 17.3 Å². The van der Waals surface area contributed by atoms with Crippen LogP contribution >= 0.6 is 11.3 Å². The molecule has 0 aliphatic heterocycles. The van der Waals surface area contributed by atoms with Gasteiger partial charge in [0.15, 0.2) is 0 Å². The number of thiophene rings is 1. The molecular formula is C25H28O2S. The molecule has 0 amide bonds. The Labute approximate surface area is 171 Å². The lowest BCUT2D eigenvalue weighted by Gasteiger charge is -2.13. The topological polar surface area (TPSA) is 37.3 Å². The predicted molar refractivity (Wildman–Crippen MR) is 120 cm³/mol. The highest BCUT2D eigenvalue weighted by molar-refractivity contribution is 7.18. The first-order valence-electron chi connectivity index (χ1n) is 10.1. The second-order valence-corrected chi connectivity index (χ2v) is 8.17. The van der Waals surface area contributed by atoms with Crippen LogP contribution < -0.4 is 0 Å². The van der Waals surface area contributed by atoms with Gasteiger partial charge >= 0.3 is 5.97 Å². The SMILES string of the molecule is CCc1cc(CC)cc(-c2ccc(-c3c(CC)cc(C(=O)O)cc3CC)s2)c1. The van der Waals surface area contributed by atoms with E-state index in [9.17, 15) is 9.90 Å². The van der Waals surface area contributed by atoms with Crippen molar-refractivity contribution < 1.29 is 9.90 Å². The third-order valence-corrected chi connectivity index (χ3v) is 6.47. The van der Waals surface area contributed by atoms with Crippen LogP contribution in [-0.2, 0) is 25.7 Å². The summed E-state index contributed by atoms with van der Waals surface area (Å²) in [4.78, 5) is 14.0. The molecule has 3 rings (SSSR count). The van der Waals surface area contributed by atoms with Gasteiger partial charge in [-0.25, -0.2) is 4.79 Å². The van der Waals surface area contributed by atoms with Crippen molar-refractivity contribution in [2.75, 3.05) is 0 Å². The van der Waals surface area contributed by atoms with Crippen LogP contribution in [0.1, 0.15) is 60.3 Å². The van der Waals surface area contributed by atoms with E-state index in [0.29, 0.717) is 5.56 Å². The van der Waals surface area contributed by atoms with Crippen molar-refractivity contribution in [3.63, 3.8) is 0 Å². The average Bonchev–Trinajstić information content (AvgIpc) is 3.21. The predicted octanol–water partition coefficient (Wildman–Crippen LogP) is 7.03. The van der Waals surface area contributed by atoms with E-state index < -0.39 is 5.97 Å². The minimum absolute atomic E-state index is 0.387. The lowest BCUT2D eigenvalue weighted by Crippen LogP contribution is -2.02. The summed E-state index contributed by atoms with van der Waals surface area (Å²) in [7, 11) is 0. The fourth-order valence-electron chi connectivity index (χ4n) is 3.71. The number of carboxylic acid groups (broad SMARTS) is 1. The Hall–Kier alpha value is -2.39. The fourth-order valence-corrected chi connectivity index (χ4v) is 4.81. The maximum Gasteiger partial charge on any atom is 0.335 e. The van der Waals surface area contributed by atoms with E-state index in [1.54, 1.807) is 11.3 Å². The molecule has 28 heavy (non-hydrogen) atoms. The molecule has 2 aromatic carbocycles. The van der Waals surface area contributed by atoms with Crippen LogP contribution in [0.15, 0.2) is 42.5 Å². The molecule has 1 heterocycles. The van der Waals surface area contributed by atoms with Gasteiger partial charge in [0.2, 0.25) is 0 Å². The Bertz CT molecular complexity index is 950. The van der Waals surface area contributed by atoms with E-state index in [1.807, 2.05) is 12.1 Å². The molecule has 0 radical (unpaired) electrons. The molecule has 1 aromatic heterocycles. The maximum absolute atomic E-state index is 11.5. The summed E-state index contributed by atoms with van der Waals surface area (Å²) in [5.74, 6) is -0.855. The Balaban J connectivity index is 2.11. The van der Waals surface area contributed by atoms with Crippen LogP contribution in [0.2, 0.25) is 0 Å². The zero-order valence-corrected chi connectivity index (χ0v) is 18.0. The van der Waals surface area contributed by atoms with Crippen LogP contribution in [0.4, 0.5) is 0 Å². The number of benzene rings is 2. The summed E-state index contributed by atoms with van der Waals surface area (Å²) in [5, 5.41) is 9.44. The zero-order valence-electron chi connectivity index (χ0n) is 17.1. The van der Waals surface area contributed by atoms with Gasteiger partial charge in [-0.1, -0.05) is 45.9 Å². The first-order valence-corrected chi connectivity index (χ1v) is 10.9. The van der Waals surface area contributed by atoms with E-state index in [4.69, 9.17) is 0 Å². The summed E-state index contributed by atoms with van der Waals surface area (Å²) in [6.07, 6.45) is 3.72. The third kappa shape index (κ3) is 4.05. The Kier molecular flexibility index (Phi) is 6.35. The largest absolute Gasteiger partial charge is 0.478 e. The molecule has 0 bridgehead atoms. The molecule has 2 nitrogen and oxygen atoms in total. The van der Waals surface area contributed by atoms with Gasteiger partial charge in [-0.3, -0.25) is 0 Å². The lowest BCUT2D eigenvalue weighted by atomic mass is 9.93. The summed E-state index contributed by atoms with van der Waals surface area (Å²) in [6.45, 7) is 8.58. The van der Waals surface area contributed by atoms with Crippen molar-refractivity contribution in [1.29, 1.82) is 0 Å². The summed E-state index contributed by atoms with van der Waals surface area (Å²) >= 11 is 1.80. The van der Waals surface area contributed by atoms with Gasteiger partial charge in [0, 0.05) is 9.75 Å². The lowest BCUT2D eigenvalue weighted by molar-refractivity contribution is 0.0696. The molecule has 0 unspecified atom stereocenters. The van der Waals surface area contributed by atoms with Crippen LogP contribution in [0.3, 0.4) is 0 Å². The van der Waals surface area contributed by atoms with Gasteiger partial charge in [0.25, 0.3) is 0 Å². The van der Waals surface area contributed by atoms with Gasteiger partial charge in [-0.2, -0.15) is 0 Å². The summed E-state index contributed by atoms with van der Waals surface area (Å²) < 4.78 is 0. The monoisotopic (exact) mass is 392 g/mol. The molecule has 1 N–H and O–H groups in total. The highest BCUT2D eigenvalue weighted by Gasteiger charge is 2.16. The number of carboxylic acids is 1. The Morgan fingerprint density at radius 3 is 1.79 bits per heavy atom. The standard InChI is InChI=1S/C25H28O2S/c1-5-16-11-17(6-2)13-20(12-16)22-9-10-23(28-22)24-18(7-3)14-21(25(26)27)15-19(24)8-4/h9-15H,5-8H2,1-4H3,(H,26,27). The van der Waals surface area contributed by atoms with Crippen molar-refractivity contribution in [2.24, 2.45) is 0 Å². The normalized spacial score (nSPS) is 11.0. The van der Waals surface area contributed by atoms with Gasteiger partial charge in [-0.05, 0) is 83.3 Å². The van der Waals surface area contributed by atoms with E-state index >= 15 is 0 Å². The fraction of sp³-hybridized carbons (Fsp3) is 0.320. The van der Waals surface area contributed by atoms with E-state index in [2.05, 4.69) is 58.0 Å². The second kappa shape index (κ2) is 8.74. The smallest absolute Gasteiger partial charge is 0.335 e. The molecule has 0 saturated heterocycles. The van der Waals surface area contributed by atoms with Crippen LogP contribution in [0.5, 0.6) is 0 Å². The molecule has 0 aliphatic rings. The van der Waals surface area contributed by atoms with Gasteiger partial charge < -0.3 is 5.11 Å². The van der Waals surface area contributed by atoms with Crippen molar-refractivity contribution in [3.8, 4) is 20.9 Å². The molecule has 3 aromatic rings. The molecular weight excluding hydrogens is 364 g/mol. The van der Waals surface area contributed by atoms with Crippen molar-refractivity contribution in [2.45, 2.75) is 53.4 Å². The van der Waals surface area contributed by atoms with Crippen LogP contribution in [0, 0.1) is 0 Å². The number of hydrogen-bond donors (Lipinski definition) is 1. The molecule has 0 aliphatic carbocycles. The quantitative estimate of drug-likeness (QED) is 0.468. The first kappa shape index (κ1) is 20.3. The average molecular weight is 393 g/mol. The van der Waals surface area contributed by atoms with Gasteiger partial charge in [-0.15, -0.1) is 11.3 Å². The molecule has 0 atom stereocenters. The Morgan fingerprint density at radius 1 is 0.786 bits per heavy atom. The molecule has 146 valence electrons. The number of aromatic carboxylic acids is 1. The van der Waals surface area contributed by atoms with E-state index in [1.165, 1.54) is 32.0 Å². The summed E-state index contributed by atoms with van der Waals surface area (Å²) in [5.41, 5.74) is 7.86.